The van der Waals surface area contributed by atoms with Crippen molar-refractivity contribution in [2.45, 2.75) is 6.42 Å². The van der Waals surface area contributed by atoms with Crippen molar-refractivity contribution in [3.05, 3.63) is 21.0 Å². The van der Waals surface area contributed by atoms with Gasteiger partial charge in [0.25, 0.3) is 5.56 Å². The van der Waals surface area contributed by atoms with Gasteiger partial charge in [-0.25, -0.2) is 4.68 Å². The van der Waals surface area contributed by atoms with E-state index in [9.17, 15) is 4.79 Å². The van der Waals surface area contributed by atoms with Crippen molar-refractivity contribution in [1.29, 1.82) is 0 Å². The van der Waals surface area contributed by atoms with Gasteiger partial charge in [-0.1, -0.05) is 0 Å². The molecule has 0 fully saturated rings. The molecule has 0 bridgehead atoms. The first-order valence-electron chi connectivity index (χ1n) is 4.61. The quantitative estimate of drug-likeness (QED) is 0.839. The molecule has 0 saturated carbocycles. The van der Waals surface area contributed by atoms with E-state index in [1.165, 1.54) is 4.68 Å². The van der Waals surface area contributed by atoms with E-state index >= 15 is 0 Å². The number of aryl methyl sites for hydroxylation is 1. The van der Waals surface area contributed by atoms with E-state index in [2.05, 4.69) is 32.6 Å². The minimum atomic E-state index is -0.120. The van der Waals surface area contributed by atoms with Gasteiger partial charge in [0.2, 0.25) is 0 Å². The van der Waals surface area contributed by atoms with E-state index < -0.39 is 0 Å². The minimum Gasteiger partial charge on any atom is -0.383 e. The summed E-state index contributed by atoms with van der Waals surface area (Å²) >= 11 is 5.07. The lowest BCUT2D eigenvalue weighted by Crippen LogP contribution is -2.21. The largest absolute Gasteiger partial charge is 0.383 e. The summed E-state index contributed by atoms with van der Waals surface area (Å²) in [7, 11) is 1.63. The molecule has 1 heterocycles. The topological polar surface area (TPSA) is 46.9 Å². The van der Waals surface area contributed by atoms with Gasteiger partial charge in [0.05, 0.1) is 11.9 Å². The van der Waals surface area contributed by atoms with Crippen LogP contribution in [0.5, 0.6) is 0 Å². The molecule has 0 aliphatic heterocycles. The van der Waals surface area contributed by atoms with Crippen LogP contribution in [-0.2, 0) is 7.05 Å². The fraction of sp³-hybridized carbons (Fsp3) is 0.556. The molecular formula is C9H14BrN3OS. The van der Waals surface area contributed by atoms with Gasteiger partial charge in [-0.3, -0.25) is 4.79 Å². The van der Waals surface area contributed by atoms with Crippen molar-refractivity contribution in [2.75, 3.05) is 23.9 Å². The highest BCUT2D eigenvalue weighted by Gasteiger charge is 2.05. The van der Waals surface area contributed by atoms with Gasteiger partial charge in [-0.05, 0) is 34.4 Å². The van der Waals surface area contributed by atoms with Crippen molar-refractivity contribution >= 4 is 33.4 Å². The zero-order chi connectivity index (χ0) is 11.3. The smallest absolute Gasteiger partial charge is 0.282 e. The number of hydrogen-bond acceptors (Lipinski definition) is 4. The second-order valence-electron chi connectivity index (χ2n) is 3.07. The summed E-state index contributed by atoms with van der Waals surface area (Å²) in [5.74, 6) is 1.11. The lowest BCUT2D eigenvalue weighted by molar-refractivity contribution is 0.703. The lowest BCUT2D eigenvalue weighted by Gasteiger charge is -2.07. The fourth-order valence-electron chi connectivity index (χ4n) is 1.07. The first kappa shape index (κ1) is 12.6. The number of halogens is 1. The predicted molar refractivity (Wildman–Crippen MR) is 68.7 cm³/mol. The molecule has 1 aromatic rings. The normalized spacial score (nSPS) is 10.3. The van der Waals surface area contributed by atoms with Gasteiger partial charge < -0.3 is 5.32 Å². The molecule has 0 unspecified atom stereocenters. The lowest BCUT2D eigenvalue weighted by atomic mass is 10.4. The molecule has 0 atom stereocenters. The first-order valence-corrected chi connectivity index (χ1v) is 6.80. The molecule has 6 heteroatoms. The Labute approximate surface area is 102 Å². The average Bonchev–Trinajstić information content (AvgIpc) is 2.24. The summed E-state index contributed by atoms with van der Waals surface area (Å²) in [6.07, 6.45) is 4.81. The van der Waals surface area contributed by atoms with E-state index in [1.54, 1.807) is 13.2 Å². The number of rotatable bonds is 5. The summed E-state index contributed by atoms with van der Waals surface area (Å²) in [5, 5.41) is 7.12. The standard InChI is InChI=1S/C9H14BrN3OS/c1-13-9(14)8(10)7(6-12-13)11-4-3-5-15-2/h6,11H,3-5H2,1-2H3. The summed E-state index contributed by atoms with van der Waals surface area (Å²) in [5.41, 5.74) is 0.643. The van der Waals surface area contributed by atoms with Crippen LogP contribution in [0, 0.1) is 0 Å². The highest BCUT2D eigenvalue weighted by Crippen LogP contribution is 2.15. The molecular weight excluding hydrogens is 278 g/mol. The van der Waals surface area contributed by atoms with Gasteiger partial charge in [0.1, 0.15) is 4.47 Å². The number of aromatic nitrogens is 2. The SMILES string of the molecule is CSCCCNc1cnn(C)c(=O)c1Br. The van der Waals surface area contributed by atoms with Crippen LogP contribution in [0.25, 0.3) is 0 Å². The maximum Gasteiger partial charge on any atom is 0.282 e. The Bertz CT molecular complexity index is 380. The molecule has 15 heavy (non-hydrogen) atoms. The molecule has 0 aliphatic carbocycles. The molecule has 84 valence electrons. The molecule has 1 N–H and O–H groups in total. The average molecular weight is 292 g/mol. The molecule has 1 rings (SSSR count). The molecule has 0 radical (unpaired) electrons. The third-order valence-electron chi connectivity index (χ3n) is 1.92. The van der Waals surface area contributed by atoms with E-state index in [4.69, 9.17) is 0 Å². The van der Waals surface area contributed by atoms with Crippen LogP contribution < -0.4 is 10.9 Å². The molecule has 0 aliphatic rings. The Morgan fingerprint density at radius 2 is 2.40 bits per heavy atom. The van der Waals surface area contributed by atoms with Gasteiger partial charge in [0.15, 0.2) is 0 Å². The summed E-state index contributed by atoms with van der Waals surface area (Å²) in [6.45, 7) is 0.855. The Balaban J connectivity index is 2.62. The van der Waals surface area contributed by atoms with E-state index in [1.807, 2.05) is 11.8 Å². The maximum atomic E-state index is 11.5. The van der Waals surface area contributed by atoms with E-state index in [0.717, 1.165) is 24.4 Å². The Morgan fingerprint density at radius 3 is 3.07 bits per heavy atom. The third-order valence-corrected chi connectivity index (χ3v) is 3.38. The Kier molecular flexibility index (Phi) is 5.17. The van der Waals surface area contributed by atoms with Crippen LogP contribution in [0.3, 0.4) is 0 Å². The molecule has 1 aromatic heterocycles. The molecule has 4 nitrogen and oxygen atoms in total. The van der Waals surface area contributed by atoms with Gasteiger partial charge in [-0.2, -0.15) is 16.9 Å². The first-order chi connectivity index (χ1) is 7.16. The second-order valence-corrected chi connectivity index (χ2v) is 4.85. The summed E-state index contributed by atoms with van der Waals surface area (Å²) < 4.78 is 1.85. The van der Waals surface area contributed by atoms with Crippen LogP contribution in [0.2, 0.25) is 0 Å². The molecule has 0 aromatic carbocycles. The van der Waals surface area contributed by atoms with Crippen molar-refractivity contribution < 1.29 is 0 Å². The van der Waals surface area contributed by atoms with Crippen LogP contribution in [0.4, 0.5) is 5.69 Å². The zero-order valence-corrected chi connectivity index (χ0v) is 11.2. The van der Waals surface area contributed by atoms with Crippen LogP contribution in [0.1, 0.15) is 6.42 Å². The van der Waals surface area contributed by atoms with Crippen LogP contribution in [0.15, 0.2) is 15.5 Å². The second kappa shape index (κ2) is 6.17. The number of nitrogens with one attached hydrogen (secondary N) is 1. The monoisotopic (exact) mass is 291 g/mol. The van der Waals surface area contributed by atoms with Crippen molar-refractivity contribution in [1.82, 2.24) is 9.78 Å². The van der Waals surface area contributed by atoms with Crippen molar-refractivity contribution in [3.8, 4) is 0 Å². The van der Waals surface area contributed by atoms with Gasteiger partial charge in [-0.15, -0.1) is 0 Å². The van der Waals surface area contributed by atoms with Gasteiger partial charge in [0, 0.05) is 13.6 Å². The van der Waals surface area contributed by atoms with E-state index in [0.29, 0.717) is 4.47 Å². The third kappa shape index (κ3) is 3.53. The zero-order valence-electron chi connectivity index (χ0n) is 8.79. The van der Waals surface area contributed by atoms with Gasteiger partial charge >= 0.3 is 0 Å². The minimum absolute atomic E-state index is 0.120. The number of hydrogen-bond donors (Lipinski definition) is 1. The predicted octanol–water partition coefficient (Wildman–Crippen LogP) is 1.71. The molecule has 0 amide bonds. The number of nitrogens with zero attached hydrogens (tertiary/aromatic N) is 2. The maximum absolute atomic E-state index is 11.5. The van der Waals surface area contributed by atoms with Crippen molar-refractivity contribution in [3.63, 3.8) is 0 Å². The number of thioether (sulfide) groups is 1. The van der Waals surface area contributed by atoms with Crippen LogP contribution in [-0.4, -0.2) is 28.3 Å². The Morgan fingerprint density at radius 1 is 1.67 bits per heavy atom. The summed E-state index contributed by atoms with van der Waals surface area (Å²) in [6, 6.07) is 0. The number of anilines is 1. The summed E-state index contributed by atoms with van der Waals surface area (Å²) in [4.78, 5) is 11.5. The molecule has 0 saturated heterocycles. The fourth-order valence-corrected chi connectivity index (χ4v) is 2.01. The highest BCUT2D eigenvalue weighted by atomic mass is 79.9. The Hall–Kier alpha value is -0.490. The van der Waals surface area contributed by atoms with Crippen molar-refractivity contribution in [2.24, 2.45) is 7.05 Å². The molecule has 0 spiro atoms. The van der Waals surface area contributed by atoms with Crippen LogP contribution >= 0.6 is 27.7 Å². The highest BCUT2D eigenvalue weighted by molar-refractivity contribution is 9.10. The van der Waals surface area contributed by atoms with E-state index in [-0.39, 0.29) is 5.56 Å².